The fourth-order valence-electron chi connectivity index (χ4n) is 7.51. The number of hydrogen-bond acceptors (Lipinski definition) is 15. The Morgan fingerprint density at radius 3 is 1.54 bits per heavy atom. The molecule has 1 unspecified atom stereocenters. The van der Waals surface area contributed by atoms with E-state index in [2.05, 4.69) is 123 Å². The van der Waals surface area contributed by atoms with E-state index in [-0.39, 0.29) is 52.3 Å². The van der Waals surface area contributed by atoms with E-state index in [4.69, 9.17) is 41.4 Å². The Labute approximate surface area is 472 Å². The average molecular weight is 1150 g/mol. The Bertz CT molecular complexity index is 2080. The van der Waals surface area contributed by atoms with Gasteiger partial charge in [0.2, 0.25) is 0 Å². The van der Waals surface area contributed by atoms with Gasteiger partial charge in [0.05, 0.1) is 31.2 Å². The number of carbonyl (C=O) groups is 6. The summed E-state index contributed by atoms with van der Waals surface area (Å²) in [5.74, 6) is -2.47. The largest absolute Gasteiger partial charge is 0.465 e. The lowest BCUT2D eigenvalue weighted by Gasteiger charge is -2.41. The van der Waals surface area contributed by atoms with Gasteiger partial charge in [-0.15, -0.1) is 6.58 Å². The van der Waals surface area contributed by atoms with Crippen molar-refractivity contribution in [1.82, 2.24) is 16.0 Å². The first-order chi connectivity index (χ1) is 35.4. The molecule has 0 bridgehead atoms. The van der Waals surface area contributed by atoms with E-state index < -0.39 is 84.1 Å². The van der Waals surface area contributed by atoms with Gasteiger partial charge in [-0.25, -0.2) is 14.4 Å². The van der Waals surface area contributed by atoms with E-state index in [1.165, 1.54) is 0 Å². The third-order valence-electron chi connectivity index (χ3n) is 13.9. The number of esters is 2. The first kappa shape index (κ1) is 71.9. The van der Waals surface area contributed by atoms with Gasteiger partial charge >= 0.3 is 38.8 Å². The van der Waals surface area contributed by atoms with Crippen molar-refractivity contribution in [1.29, 1.82) is 0 Å². The highest BCUT2D eigenvalue weighted by atomic mass is 28.4. The lowest BCUT2D eigenvalue weighted by molar-refractivity contribution is -0.157. The lowest BCUT2D eigenvalue weighted by atomic mass is 9.96. The minimum absolute atomic E-state index is 0.0552. The van der Waals surface area contributed by atoms with Crippen LogP contribution in [0.3, 0.4) is 0 Å². The number of amides is 3. The van der Waals surface area contributed by atoms with Crippen LogP contribution in [0.25, 0.3) is 0 Å². The van der Waals surface area contributed by atoms with E-state index in [0.29, 0.717) is 45.4 Å². The number of hydrogen-bond donors (Lipinski definition) is 3. The van der Waals surface area contributed by atoms with Gasteiger partial charge in [-0.05, 0) is 110 Å². The van der Waals surface area contributed by atoms with E-state index in [0.717, 1.165) is 5.19 Å². The van der Waals surface area contributed by atoms with Crippen LogP contribution in [0.2, 0.25) is 41.3 Å². The van der Waals surface area contributed by atoms with Crippen molar-refractivity contribution < 1.29 is 70.2 Å². The predicted molar refractivity (Wildman–Crippen MR) is 313 cm³/mol. The zero-order valence-electron chi connectivity index (χ0n) is 52.0. The number of nitrogens with one attached hydrogen (secondary N) is 3. The second kappa shape index (κ2) is 29.5. The zero-order chi connectivity index (χ0) is 60.5. The Morgan fingerprint density at radius 2 is 1.10 bits per heavy atom. The molecule has 448 valence electrons. The zero-order valence-corrected chi connectivity index (χ0v) is 55.0. The monoisotopic (exact) mass is 1150 g/mol. The second-order valence-corrected chi connectivity index (χ2v) is 40.7. The SMILES string of the molecule is C=C[C@@H](CO[Si](C)(C)C(C)(C)C)[C@@H](CCO[Si](OC)(c1ccccc1)C(C)(C)C)NC(=O)OC(C)(C)C.CC(C)(C)OC(=O)N[C@@H]1CCOC(=O)[C@H]1C=O.CC(C)(C)OC(=O)N[C@@H]1CCOC(=O)[C@H]1CO[Si](C)(C)C(C)(C)C. The molecular weight excluding hydrogens is 1050 g/mol. The maximum absolute atomic E-state index is 12.8. The molecular formula is C57H103N3O15Si3. The van der Waals surface area contributed by atoms with Crippen LogP contribution in [-0.2, 0) is 55.8 Å². The summed E-state index contributed by atoms with van der Waals surface area (Å²) >= 11 is 0. The van der Waals surface area contributed by atoms with E-state index in [1.54, 1.807) is 48.7 Å². The fraction of sp³-hybridized carbons (Fsp3) is 0.754. The van der Waals surface area contributed by atoms with Crippen LogP contribution in [-0.4, -0.2) is 137 Å². The number of aldehydes is 1. The van der Waals surface area contributed by atoms with Crippen LogP contribution in [0.1, 0.15) is 144 Å². The van der Waals surface area contributed by atoms with Gasteiger partial charge in [0.25, 0.3) is 0 Å². The first-order valence-electron chi connectivity index (χ1n) is 27.3. The van der Waals surface area contributed by atoms with E-state index in [1.807, 2.05) is 45.0 Å². The topological polar surface area (TPSA) is 222 Å². The molecule has 0 saturated carbocycles. The molecule has 3 amide bonds. The number of benzene rings is 1. The standard InChI is InChI=1S/C29H53NO5Si2.C17H33NO5Si.C11H17NO5/c1-14-23(22-34-36(12,13)28(5,6)7)25(30-26(31)35-27(2,3)4)20-21-33-37(32-11,29(8,9)10)24-18-16-15-17-19-24;1-16(2,3)23-15(20)18-13-9-10-21-14(19)12(13)11-22-24(7,8)17(4,5)6;1-11(2,3)17-10(15)12-8-4-5-16-9(14)7(8)6-13/h14-19,23,25H,1,20-22H2,2-13H3,(H,30,31);12-13H,9-11H2,1-8H3,(H,18,20);6-8H,4-5H2,1-3H3,(H,12,15)/t23-,25+,37?;12-,13+;7-,8+/m000/s1. The van der Waals surface area contributed by atoms with Crippen molar-refractivity contribution in [3.8, 4) is 0 Å². The van der Waals surface area contributed by atoms with Crippen LogP contribution in [0.5, 0.6) is 0 Å². The summed E-state index contributed by atoms with van der Waals surface area (Å²) in [4.78, 5) is 70.5. The van der Waals surface area contributed by atoms with Crippen molar-refractivity contribution >= 4 is 66.9 Å². The highest BCUT2D eigenvalue weighted by Gasteiger charge is 2.51. The maximum Gasteiger partial charge on any atom is 0.407 e. The third-order valence-corrected chi connectivity index (χ3v) is 27.2. The lowest BCUT2D eigenvalue weighted by Crippen LogP contribution is -2.60. The number of cyclic esters (lactones) is 2. The molecule has 2 aliphatic heterocycles. The minimum Gasteiger partial charge on any atom is -0.465 e. The molecule has 18 nitrogen and oxygen atoms in total. The van der Waals surface area contributed by atoms with Gasteiger partial charge in [-0.1, -0.05) is 98.7 Å². The average Bonchev–Trinajstić information content (AvgIpc) is 3.25. The number of carbonyl (C=O) groups excluding carboxylic acids is 6. The Balaban J connectivity index is 0.000000634. The Morgan fingerprint density at radius 1 is 0.654 bits per heavy atom. The summed E-state index contributed by atoms with van der Waals surface area (Å²) in [7, 11) is -5.03. The molecule has 2 saturated heterocycles. The molecule has 0 radical (unpaired) electrons. The molecule has 3 rings (SSSR count). The number of alkyl carbamates (subject to hydrolysis) is 3. The van der Waals surface area contributed by atoms with Gasteiger partial charge in [-0.3, -0.25) is 9.59 Å². The van der Waals surface area contributed by atoms with Crippen LogP contribution in [0.15, 0.2) is 43.0 Å². The Hall–Kier alpha value is -4.13. The highest BCUT2D eigenvalue weighted by Crippen LogP contribution is 2.40. The first-order valence-corrected chi connectivity index (χ1v) is 34.9. The Kier molecular flexibility index (Phi) is 27.2. The number of ether oxygens (including phenoxy) is 5. The molecule has 3 N–H and O–H groups in total. The van der Waals surface area contributed by atoms with Gasteiger partial charge < -0.3 is 62.1 Å². The molecule has 0 aromatic heterocycles. The molecule has 1 aromatic carbocycles. The quantitative estimate of drug-likeness (QED) is 0.0311. The molecule has 2 fully saturated rings. The minimum atomic E-state index is -2.80. The third kappa shape index (κ3) is 24.3. The summed E-state index contributed by atoms with van der Waals surface area (Å²) in [6.45, 7) is 50.2. The smallest absolute Gasteiger partial charge is 0.407 e. The molecule has 7 atom stereocenters. The van der Waals surface area contributed by atoms with Crippen molar-refractivity contribution in [3.05, 3.63) is 43.0 Å². The van der Waals surface area contributed by atoms with Crippen molar-refractivity contribution in [2.45, 2.75) is 220 Å². The van der Waals surface area contributed by atoms with Gasteiger partial charge in [0, 0.05) is 56.8 Å². The molecule has 21 heteroatoms. The highest BCUT2D eigenvalue weighted by molar-refractivity contribution is 6.83. The van der Waals surface area contributed by atoms with Gasteiger partial charge in [0.15, 0.2) is 16.6 Å². The molecule has 0 spiro atoms. The fourth-order valence-corrected chi connectivity index (χ4v) is 13.1. The normalized spacial score (nSPS) is 20.2. The van der Waals surface area contributed by atoms with Crippen LogP contribution < -0.4 is 21.1 Å². The second-order valence-electron chi connectivity index (χ2n) is 27.1. The van der Waals surface area contributed by atoms with Crippen molar-refractivity contribution in [3.63, 3.8) is 0 Å². The van der Waals surface area contributed by atoms with Gasteiger partial charge in [-0.2, -0.15) is 0 Å². The summed E-state index contributed by atoms with van der Waals surface area (Å²) in [5, 5.41) is 9.42. The molecule has 2 aliphatic rings. The summed E-state index contributed by atoms with van der Waals surface area (Å²) in [6.07, 6.45) is 2.30. The summed E-state index contributed by atoms with van der Waals surface area (Å²) in [6, 6.07) is 9.05. The van der Waals surface area contributed by atoms with Crippen LogP contribution in [0.4, 0.5) is 14.4 Å². The van der Waals surface area contributed by atoms with Crippen LogP contribution in [0, 0.1) is 17.8 Å². The van der Waals surface area contributed by atoms with Gasteiger partial charge in [0.1, 0.15) is 29.0 Å². The molecule has 1 aromatic rings. The number of rotatable bonds is 18. The predicted octanol–water partition coefficient (Wildman–Crippen LogP) is 11.0. The van der Waals surface area contributed by atoms with Crippen molar-refractivity contribution in [2.24, 2.45) is 17.8 Å². The van der Waals surface area contributed by atoms with Crippen LogP contribution >= 0.6 is 0 Å². The maximum atomic E-state index is 12.8. The molecule has 2 heterocycles. The van der Waals surface area contributed by atoms with Crippen molar-refractivity contribution in [2.75, 3.05) is 40.1 Å². The molecule has 78 heavy (non-hydrogen) atoms. The van der Waals surface area contributed by atoms with E-state index >= 15 is 0 Å². The summed E-state index contributed by atoms with van der Waals surface area (Å²) in [5.41, 5.74) is -1.79. The molecule has 0 aliphatic carbocycles. The summed E-state index contributed by atoms with van der Waals surface area (Å²) < 4.78 is 51.4. The van der Waals surface area contributed by atoms with E-state index in [9.17, 15) is 28.8 Å².